The lowest BCUT2D eigenvalue weighted by Gasteiger charge is -2.36. The Kier molecular flexibility index (Phi) is 8.82. The molecule has 11 heteroatoms. The molecule has 0 aliphatic carbocycles. The van der Waals surface area contributed by atoms with Crippen LogP contribution >= 0.6 is 15.9 Å². The van der Waals surface area contributed by atoms with Crippen molar-refractivity contribution in [1.29, 1.82) is 0 Å². The number of hydrogen-bond acceptors (Lipinski definition) is 7. The molecular weight excluding hydrogens is 571 g/mol. The summed E-state index contributed by atoms with van der Waals surface area (Å²) in [6.07, 6.45) is -6.34. The zero-order valence-corrected chi connectivity index (χ0v) is 23.4. The van der Waals surface area contributed by atoms with Crippen molar-refractivity contribution in [3.63, 3.8) is 0 Å². The van der Waals surface area contributed by atoms with Gasteiger partial charge in [0.2, 0.25) is 5.88 Å². The topological polar surface area (TPSA) is 76.1 Å². The summed E-state index contributed by atoms with van der Waals surface area (Å²) in [5, 5.41) is 0.589. The van der Waals surface area contributed by atoms with Crippen LogP contribution in [-0.4, -0.2) is 56.0 Å². The van der Waals surface area contributed by atoms with Crippen molar-refractivity contribution in [3.8, 4) is 17.4 Å². The number of pyridine rings is 1. The first-order valence-corrected chi connectivity index (χ1v) is 12.3. The zero-order chi connectivity index (χ0) is 28.3. The van der Waals surface area contributed by atoms with E-state index in [1.165, 1.54) is 51.7 Å². The number of fused-ring (bicyclic) bond motifs is 1. The second-order valence-electron chi connectivity index (χ2n) is 8.90. The Balaban J connectivity index is 2.14. The highest BCUT2D eigenvalue weighted by Crippen LogP contribution is 2.45. The molecule has 38 heavy (non-hydrogen) atoms. The van der Waals surface area contributed by atoms with Gasteiger partial charge in [-0.2, -0.15) is 13.2 Å². The highest BCUT2D eigenvalue weighted by atomic mass is 79.9. The summed E-state index contributed by atoms with van der Waals surface area (Å²) in [6.45, 7) is 3.35. The van der Waals surface area contributed by atoms with Crippen LogP contribution in [-0.2, 0) is 26.3 Å². The van der Waals surface area contributed by atoms with Gasteiger partial charge in [0.05, 0.1) is 31.2 Å². The summed E-state index contributed by atoms with van der Waals surface area (Å²) in [6, 6.07) is 11.9. The smallest absolute Gasteiger partial charge is 0.432 e. The van der Waals surface area contributed by atoms with Crippen LogP contribution in [0.4, 0.5) is 13.2 Å². The Morgan fingerprint density at radius 1 is 0.947 bits per heavy atom. The fourth-order valence-corrected chi connectivity index (χ4v) is 4.46. The van der Waals surface area contributed by atoms with Gasteiger partial charge < -0.3 is 23.7 Å². The van der Waals surface area contributed by atoms with E-state index in [0.717, 1.165) is 7.11 Å². The Bertz CT molecular complexity index is 1280. The number of benzene rings is 2. The predicted molar refractivity (Wildman–Crippen MR) is 139 cm³/mol. The minimum atomic E-state index is -5.11. The molecule has 0 aliphatic rings. The number of esters is 1. The van der Waals surface area contributed by atoms with Gasteiger partial charge in [-0.1, -0.05) is 52.3 Å². The van der Waals surface area contributed by atoms with Gasteiger partial charge in [-0.3, -0.25) is 0 Å². The summed E-state index contributed by atoms with van der Waals surface area (Å²) < 4.78 is 69.6. The van der Waals surface area contributed by atoms with Crippen molar-refractivity contribution in [1.82, 2.24) is 4.98 Å². The fraction of sp³-hybridized carbons (Fsp3) is 0.407. The molecule has 0 aliphatic heterocycles. The zero-order valence-electron chi connectivity index (χ0n) is 21.8. The number of carbonyl (C=O) groups excluding carboxylic acids is 1. The molecule has 2 aromatic carbocycles. The van der Waals surface area contributed by atoms with Crippen molar-refractivity contribution in [2.75, 3.05) is 28.4 Å². The van der Waals surface area contributed by atoms with Gasteiger partial charge in [0.25, 0.3) is 5.60 Å². The first-order valence-electron chi connectivity index (χ1n) is 11.5. The van der Waals surface area contributed by atoms with E-state index in [-0.39, 0.29) is 12.3 Å². The van der Waals surface area contributed by atoms with Gasteiger partial charge in [0.15, 0.2) is 0 Å². The van der Waals surface area contributed by atoms with Crippen molar-refractivity contribution >= 4 is 32.8 Å². The van der Waals surface area contributed by atoms with E-state index < -0.39 is 33.7 Å². The van der Waals surface area contributed by atoms with Crippen LogP contribution in [0, 0.1) is 0 Å². The third-order valence-electron chi connectivity index (χ3n) is 6.18. The summed E-state index contributed by atoms with van der Waals surface area (Å²) in [7, 11) is 5.18. The molecule has 0 saturated carbocycles. The molecule has 1 heterocycles. The molecule has 1 aromatic heterocycles. The number of alkyl halides is 4. The van der Waals surface area contributed by atoms with E-state index in [1.807, 2.05) is 0 Å². The highest BCUT2D eigenvalue weighted by Gasteiger charge is 2.64. The Hall–Kier alpha value is -3.05. The average molecular weight is 600 g/mol. The lowest BCUT2D eigenvalue weighted by Crippen LogP contribution is -2.54. The molecule has 0 fully saturated rings. The number of ether oxygens (including phenoxy) is 5. The molecule has 0 saturated heterocycles. The Morgan fingerprint density at radius 3 is 2.11 bits per heavy atom. The molecule has 0 spiro atoms. The monoisotopic (exact) mass is 599 g/mol. The standard InChI is InChI=1S/C27H29BrF3NO6/c1-25(2,28)20(38-24(33)26(37-6,27(29,30)31)16-11-8-7-9-12-16)15-18-22(35-4)17-13-10-14-19(34-3)21(17)32-23(18)36-5/h7-14,20H,15H2,1-6H3/t20-,26-/m1/s1. The second kappa shape index (κ2) is 11.4. The van der Waals surface area contributed by atoms with E-state index in [2.05, 4.69) is 20.9 Å². The summed E-state index contributed by atoms with van der Waals surface area (Å²) >= 11 is 3.47. The maximum absolute atomic E-state index is 14.5. The quantitative estimate of drug-likeness (QED) is 0.209. The third-order valence-corrected chi connectivity index (χ3v) is 6.69. The van der Waals surface area contributed by atoms with Gasteiger partial charge in [-0.05, 0) is 26.0 Å². The van der Waals surface area contributed by atoms with E-state index >= 15 is 0 Å². The Morgan fingerprint density at radius 2 is 1.61 bits per heavy atom. The number of nitrogens with zero attached hydrogens (tertiary/aromatic N) is 1. The largest absolute Gasteiger partial charge is 0.496 e. The van der Waals surface area contributed by atoms with Crippen molar-refractivity contribution < 1.29 is 41.7 Å². The molecular formula is C27H29BrF3NO6. The molecule has 0 amide bonds. The van der Waals surface area contributed by atoms with Crippen molar-refractivity contribution in [3.05, 3.63) is 59.7 Å². The lowest BCUT2D eigenvalue weighted by atomic mass is 9.92. The minimum Gasteiger partial charge on any atom is -0.496 e. The molecule has 3 aromatic rings. The van der Waals surface area contributed by atoms with Crippen LogP contribution in [0.1, 0.15) is 25.0 Å². The normalized spacial score (nSPS) is 14.5. The number of methoxy groups -OCH3 is 4. The maximum Gasteiger partial charge on any atom is 0.432 e. The van der Waals surface area contributed by atoms with Crippen molar-refractivity contribution in [2.45, 2.75) is 42.5 Å². The first-order chi connectivity index (χ1) is 17.8. The molecule has 0 radical (unpaired) electrons. The summed E-state index contributed by atoms with van der Waals surface area (Å²) in [5.41, 5.74) is -2.87. The number of aromatic nitrogens is 1. The second-order valence-corrected chi connectivity index (χ2v) is 10.9. The molecule has 7 nitrogen and oxygen atoms in total. The number of hydrogen-bond donors (Lipinski definition) is 0. The molecule has 2 atom stereocenters. The predicted octanol–water partition coefficient (Wildman–Crippen LogP) is 5.99. The van der Waals surface area contributed by atoms with Gasteiger partial charge in [-0.15, -0.1) is 0 Å². The number of rotatable bonds is 10. The van der Waals surface area contributed by atoms with Gasteiger partial charge in [-0.25, -0.2) is 9.78 Å². The molecule has 206 valence electrons. The van der Waals surface area contributed by atoms with Crippen LogP contribution < -0.4 is 14.2 Å². The summed E-state index contributed by atoms with van der Waals surface area (Å²) in [4.78, 5) is 18.0. The lowest BCUT2D eigenvalue weighted by molar-refractivity contribution is -0.278. The van der Waals surface area contributed by atoms with E-state index in [4.69, 9.17) is 23.7 Å². The number of carbonyl (C=O) groups is 1. The summed E-state index contributed by atoms with van der Waals surface area (Å²) in [5.74, 6) is -0.620. The number of halogens is 4. The molecule has 0 unspecified atom stereocenters. The molecule has 0 bridgehead atoms. The third kappa shape index (κ3) is 5.40. The van der Waals surface area contributed by atoms with Crippen molar-refractivity contribution in [2.24, 2.45) is 0 Å². The van der Waals surface area contributed by atoms with E-state index in [9.17, 15) is 18.0 Å². The van der Waals surface area contributed by atoms with Crippen LogP contribution in [0.3, 0.4) is 0 Å². The average Bonchev–Trinajstić information content (AvgIpc) is 2.87. The molecule has 3 rings (SSSR count). The van der Waals surface area contributed by atoms with E-state index in [1.54, 1.807) is 32.0 Å². The fourth-order valence-electron chi connectivity index (χ4n) is 4.21. The highest BCUT2D eigenvalue weighted by molar-refractivity contribution is 9.10. The van der Waals surface area contributed by atoms with Gasteiger partial charge in [0, 0.05) is 24.5 Å². The van der Waals surface area contributed by atoms with Gasteiger partial charge in [0.1, 0.15) is 23.1 Å². The number of para-hydroxylation sites is 1. The van der Waals surface area contributed by atoms with Gasteiger partial charge >= 0.3 is 12.1 Å². The SMILES string of the molecule is COc1nc2c(OC)cccc2c(OC)c1C[C@@H](OC(=O)[C@](OC)(c1ccccc1)C(F)(F)F)C(C)(C)Br. The van der Waals surface area contributed by atoms with Crippen LogP contribution in [0.15, 0.2) is 48.5 Å². The molecule has 0 N–H and O–H groups in total. The first kappa shape index (κ1) is 29.5. The van der Waals surface area contributed by atoms with Crippen LogP contribution in [0.2, 0.25) is 0 Å². The maximum atomic E-state index is 14.5. The van der Waals surface area contributed by atoms with Crippen LogP contribution in [0.25, 0.3) is 10.9 Å². The van der Waals surface area contributed by atoms with Crippen LogP contribution in [0.5, 0.6) is 17.4 Å². The van der Waals surface area contributed by atoms with E-state index in [0.29, 0.717) is 28.0 Å². The minimum absolute atomic E-state index is 0.0943. The Labute approximate surface area is 227 Å².